The summed E-state index contributed by atoms with van der Waals surface area (Å²) in [5.74, 6) is 0. The minimum Gasteiger partial charge on any atom is -0.309 e. The van der Waals surface area contributed by atoms with Gasteiger partial charge in [0.25, 0.3) is 0 Å². The van der Waals surface area contributed by atoms with E-state index in [4.69, 9.17) is 0 Å². The SMILES string of the molecule is CC1=NN(C)C(CCN(C)C)S1. The first-order chi connectivity index (χ1) is 5.59. The van der Waals surface area contributed by atoms with Crippen LogP contribution in [0.5, 0.6) is 0 Å². The third-order valence-corrected chi connectivity index (χ3v) is 3.08. The molecular weight excluding hydrogens is 170 g/mol. The molecule has 0 aromatic rings. The predicted molar refractivity (Wildman–Crippen MR) is 55.4 cm³/mol. The highest BCUT2D eigenvalue weighted by Gasteiger charge is 2.21. The second-order valence-corrected chi connectivity index (χ2v) is 4.73. The Morgan fingerprint density at radius 3 is 2.67 bits per heavy atom. The smallest absolute Gasteiger partial charge is 0.0989 e. The van der Waals surface area contributed by atoms with E-state index in [1.807, 2.05) is 18.8 Å². The molecule has 1 atom stereocenters. The molecule has 0 saturated carbocycles. The lowest BCUT2D eigenvalue weighted by atomic mass is 10.4. The van der Waals surface area contributed by atoms with Gasteiger partial charge < -0.3 is 4.90 Å². The van der Waals surface area contributed by atoms with Gasteiger partial charge in [0.1, 0.15) is 0 Å². The second-order valence-electron chi connectivity index (χ2n) is 3.36. The quantitative estimate of drug-likeness (QED) is 0.663. The minimum absolute atomic E-state index is 0.549. The van der Waals surface area contributed by atoms with Gasteiger partial charge in [-0.25, -0.2) is 0 Å². The molecule has 0 aromatic heterocycles. The maximum Gasteiger partial charge on any atom is 0.0989 e. The summed E-state index contributed by atoms with van der Waals surface area (Å²) in [6, 6.07) is 0. The first kappa shape index (κ1) is 9.86. The summed E-state index contributed by atoms with van der Waals surface area (Å²) in [6.45, 7) is 3.20. The van der Waals surface area contributed by atoms with E-state index in [0.29, 0.717) is 5.37 Å². The van der Waals surface area contributed by atoms with E-state index in [9.17, 15) is 0 Å². The summed E-state index contributed by atoms with van der Waals surface area (Å²) in [5, 5.41) is 8.13. The zero-order valence-corrected chi connectivity index (χ0v) is 9.06. The Morgan fingerprint density at radius 2 is 2.25 bits per heavy atom. The highest BCUT2D eigenvalue weighted by molar-refractivity contribution is 8.14. The van der Waals surface area contributed by atoms with Crippen LogP contribution in [-0.2, 0) is 0 Å². The predicted octanol–water partition coefficient (Wildman–Crippen LogP) is 1.28. The van der Waals surface area contributed by atoms with E-state index in [-0.39, 0.29) is 0 Å². The van der Waals surface area contributed by atoms with Crippen LogP contribution >= 0.6 is 11.8 Å². The standard InChI is InChI=1S/C8H17N3S/c1-7-9-11(4)8(12-7)5-6-10(2)3/h8H,5-6H2,1-4H3. The van der Waals surface area contributed by atoms with Crippen LogP contribution in [0.2, 0.25) is 0 Å². The molecule has 0 fully saturated rings. The van der Waals surface area contributed by atoms with Gasteiger partial charge in [-0.2, -0.15) is 5.10 Å². The third-order valence-electron chi connectivity index (χ3n) is 1.85. The van der Waals surface area contributed by atoms with Crippen molar-refractivity contribution in [3.63, 3.8) is 0 Å². The molecule has 0 radical (unpaired) electrons. The lowest BCUT2D eigenvalue weighted by Crippen LogP contribution is -2.25. The Morgan fingerprint density at radius 1 is 1.58 bits per heavy atom. The molecule has 0 amide bonds. The van der Waals surface area contributed by atoms with Gasteiger partial charge in [-0.1, -0.05) is 11.8 Å². The number of hydrogen-bond donors (Lipinski definition) is 0. The minimum atomic E-state index is 0.549. The average Bonchev–Trinajstić information content (AvgIpc) is 2.26. The van der Waals surface area contributed by atoms with Gasteiger partial charge in [-0.15, -0.1) is 0 Å². The summed E-state index contributed by atoms with van der Waals surface area (Å²) in [4.78, 5) is 2.21. The molecule has 1 aliphatic heterocycles. The van der Waals surface area contributed by atoms with E-state index in [0.717, 1.165) is 6.54 Å². The molecule has 0 aliphatic carbocycles. The first-order valence-corrected chi connectivity index (χ1v) is 5.07. The normalized spacial score (nSPS) is 23.6. The van der Waals surface area contributed by atoms with Gasteiger partial charge in [-0.05, 0) is 27.4 Å². The maximum absolute atomic E-state index is 4.34. The van der Waals surface area contributed by atoms with E-state index in [1.54, 1.807) is 0 Å². The number of thioether (sulfide) groups is 1. The van der Waals surface area contributed by atoms with Crippen LogP contribution in [0.1, 0.15) is 13.3 Å². The van der Waals surface area contributed by atoms with Crippen molar-refractivity contribution in [2.45, 2.75) is 18.7 Å². The molecule has 1 rings (SSSR count). The van der Waals surface area contributed by atoms with Crippen molar-refractivity contribution in [3.05, 3.63) is 0 Å². The Bertz CT molecular complexity index is 179. The number of nitrogens with zero attached hydrogens (tertiary/aromatic N) is 3. The fraction of sp³-hybridized carbons (Fsp3) is 0.875. The Labute approximate surface area is 78.8 Å². The summed E-state index contributed by atoms with van der Waals surface area (Å²) in [7, 11) is 6.25. The molecule has 0 N–H and O–H groups in total. The molecule has 12 heavy (non-hydrogen) atoms. The molecule has 70 valence electrons. The van der Waals surface area contributed by atoms with Gasteiger partial charge >= 0.3 is 0 Å². The topological polar surface area (TPSA) is 18.8 Å². The number of hydrogen-bond acceptors (Lipinski definition) is 4. The van der Waals surface area contributed by atoms with Crippen molar-refractivity contribution < 1.29 is 0 Å². The van der Waals surface area contributed by atoms with Gasteiger partial charge in [0.2, 0.25) is 0 Å². The number of hydrazone groups is 1. The Balaban J connectivity index is 2.27. The van der Waals surface area contributed by atoms with Crippen molar-refractivity contribution in [2.75, 3.05) is 27.7 Å². The number of rotatable bonds is 3. The maximum atomic E-state index is 4.34. The third kappa shape index (κ3) is 2.68. The van der Waals surface area contributed by atoms with Crippen LogP contribution < -0.4 is 0 Å². The largest absolute Gasteiger partial charge is 0.309 e. The Hall–Kier alpha value is -0.220. The van der Waals surface area contributed by atoms with E-state index >= 15 is 0 Å². The Kier molecular flexibility index (Phi) is 3.40. The van der Waals surface area contributed by atoms with E-state index < -0.39 is 0 Å². The second kappa shape index (κ2) is 4.14. The highest BCUT2D eigenvalue weighted by atomic mass is 32.2. The monoisotopic (exact) mass is 187 g/mol. The van der Waals surface area contributed by atoms with Crippen molar-refractivity contribution in [1.29, 1.82) is 0 Å². The van der Waals surface area contributed by atoms with Crippen LogP contribution in [-0.4, -0.2) is 48.0 Å². The van der Waals surface area contributed by atoms with Crippen LogP contribution in [0.3, 0.4) is 0 Å². The van der Waals surface area contributed by atoms with Crippen molar-refractivity contribution in [1.82, 2.24) is 9.91 Å². The van der Waals surface area contributed by atoms with Crippen LogP contribution in [0.15, 0.2) is 5.10 Å². The van der Waals surface area contributed by atoms with E-state index in [2.05, 4.69) is 36.0 Å². The summed E-state index contributed by atoms with van der Waals surface area (Å²) >= 11 is 1.86. The summed E-state index contributed by atoms with van der Waals surface area (Å²) in [6.07, 6.45) is 1.18. The van der Waals surface area contributed by atoms with Crippen molar-refractivity contribution in [3.8, 4) is 0 Å². The zero-order chi connectivity index (χ0) is 9.14. The molecule has 0 bridgehead atoms. The van der Waals surface area contributed by atoms with Crippen LogP contribution in [0, 0.1) is 0 Å². The summed E-state index contributed by atoms with van der Waals surface area (Å²) < 4.78 is 0. The first-order valence-electron chi connectivity index (χ1n) is 4.19. The van der Waals surface area contributed by atoms with Crippen molar-refractivity contribution in [2.24, 2.45) is 5.10 Å². The van der Waals surface area contributed by atoms with Gasteiger partial charge in [0, 0.05) is 13.6 Å². The fourth-order valence-corrected chi connectivity index (χ4v) is 2.19. The van der Waals surface area contributed by atoms with Crippen LogP contribution in [0.4, 0.5) is 0 Å². The van der Waals surface area contributed by atoms with E-state index in [1.165, 1.54) is 11.5 Å². The zero-order valence-electron chi connectivity index (χ0n) is 8.24. The molecule has 1 unspecified atom stereocenters. The average molecular weight is 187 g/mol. The lowest BCUT2D eigenvalue weighted by Gasteiger charge is -2.19. The lowest BCUT2D eigenvalue weighted by molar-refractivity contribution is 0.295. The molecule has 4 heteroatoms. The molecule has 0 saturated heterocycles. The molecule has 0 spiro atoms. The van der Waals surface area contributed by atoms with Crippen LogP contribution in [0.25, 0.3) is 0 Å². The molecule has 0 aromatic carbocycles. The van der Waals surface area contributed by atoms with Gasteiger partial charge in [-0.3, -0.25) is 5.01 Å². The summed E-state index contributed by atoms with van der Waals surface area (Å²) in [5.41, 5.74) is 0. The molecular formula is C8H17N3S. The molecule has 3 nitrogen and oxygen atoms in total. The van der Waals surface area contributed by atoms with Gasteiger partial charge in [0.05, 0.1) is 10.4 Å². The van der Waals surface area contributed by atoms with Crippen molar-refractivity contribution >= 4 is 16.8 Å². The fourth-order valence-electron chi connectivity index (χ4n) is 1.20. The highest BCUT2D eigenvalue weighted by Crippen LogP contribution is 2.26. The molecule has 1 aliphatic rings. The van der Waals surface area contributed by atoms with Gasteiger partial charge in [0.15, 0.2) is 0 Å². The molecule has 1 heterocycles.